The van der Waals surface area contributed by atoms with Crippen LogP contribution in [0.25, 0.3) is 21.9 Å². The fraction of sp³-hybridized carbons (Fsp3) is 0. The lowest BCUT2D eigenvalue weighted by atomic mass is 10.0. The fourth-order valence-electron chi connectivity index (χ4n) is 3.47. The van der Waals surface area contributed by atoms with Crippen molar-refractivity contribution in [2.75, 3.05) is 0 Å². The topological polar surface area (TPSA) is 26.3 Å². The first kappa shape index (κ1) is 15.3. The number of benzene rings is 4. The number of carbonyl (C=O) groups excluding carboxylic acids is 1. The smallest absolute Gasteiger partial charge is 0.229 e. The first-order chi connectivity index (χ1) is 12.8. The van der Waals surface area contributed by atoms with Crippen LogP contribution in [0.1, 0.15) is 10.4 Å². The minimum absolute atomic E-state index is 0.0544. The van der Waals surface area contributed by atoms with Crippen LogP contribution in [-0.2, 0) is 0 Å². The lowest BCUT2D eigenvalue weighted by Gasteiger charge is -2.27. The van der Waals surface area contributed by atoms with Gasteiger partial charge in [-0.15, -0.1) is 0 Å². The van der Waals surface area contributed by atoms with Gasteiger partial charge in [0.25, 0.3) is 0 Å². The second-order valence-electron chi connectivity index (χ2n) is 6.23. The molecule has 1 aliphatic rings. The second-order valence-corrected chi connectivity index (χ2v) is 7.89. The van der Waals surface area contributed by atoms with Gasteiger partial charge < -0.3 is 4.52 Å². The quantitative estimate of drug-likeness (QED) is 0.428. The van der Waals surface area contributed by atoms with E-state index in [0.29, 0.717) is 0 Å². The van der Waals surface area contributed by atoms with Crippen molar-refractivity contribution in [2.24, 2.45) is 0 Å². The summed E-state index contributed by atoms with van der Waals surface area (Å²) < 4.78 is 6.24. The van der Waals surface area contributed by atoms with E-state index in [0.717, 1.165) is 38.5 Å². The minimum Gasteiger partial charge on any atom is -0.460 e. The molecule has 0 radical (unpaired) electrons. The average molecular weight is 354 g/mol. The van der Waals surface area contributed by atoms with Gasteiger partial charge in [-0.2, -0.15) is 0 Å². The highest BCUT2D eigenvalue weighted by atomic mass is 31.1. The lowest BCUT2D eigenvalue weighted by Crippen LogP contribution is -2.19. The van der Waals surface area contributed by atoms with Crippen LogP contribution in [-0.4, -0.2) is 5.52 Å². The van der Waals surface area contributed by atoms with Crippen LogP contribution in [0.3, 0.4) is 0 Å². The third kappa shape index (κ3) is 2.34. The van der Waals surface area contributed by atoms with E-state index in [1.165, 1.54) is 0 Å². The summed E-state index contributed by atoms with van der Waals surface area (Å²) in [5.41, 5.74) is 2.92. The molecule has 26 heavy (non-hydrogen) atoms. The zero-order chi connectivity index (χ0) is 17.5. The predicted molar refractivity (Wildman–Crippen MR) is 107 cm³/mol. The first-order valence-electron chi connectivity index (χ1n) is 8.51. The van der Waals surface area contributed by atoms with Gasteiger partial charge in [-0.1, -0.05) is 84.9 Å². The van der Waals surface area contributed by atoms with Gasteiger partial charge in [0.15, 0.2) is 8.15 Å². The number of rotatable bonds is 2. The Morgan fingerprint density at radius 2 is 1.38 bits per heavy atom. The molecule has 1 aliphatic heterocycles. The van der Waals surface area contributed by atoms with Gasteiger partial charge in [-0.25, -0.2) is 0 Å². The van der Waals surface area contributed by atoms with Crippen molar-refractivity contribution in [3.63, 3.8) is 0 Å². The number of fused-ring (bicyclic) bond motifs is 4. The molecule has 0 bridgehead atoms. The highest BCUT2D eigenvalue weighted by molar-refractivity contribution is 7.78. The standard InChI is InChI=1S/C23H15O2P/c24-23(20-13-7-9-16-8-1-2-10-17(16)20)26-22-15-6-4-12-19(22)18-11-3-5-14-21(18)25-26/h1-15H. The first-order valence-corrected chi connectivity index (χ1v) is 9.77. The van der Waals surface area contributed by atoms with Crippen molar-refractivity contribution >= 4 is 29.7 Å². The van der Waals surface area contributed by atoms with E-state index in [9.17, 15) is 4.79 Å². The summed E-state index contributed by atoms with van der Waals surface area (Å²) in [6, 6.07) is 29.9. The van der Waals surface area contributed by atoms with Crippen LogP contribution in [0.5, 0.6) is 5.75 Å². The Morgan fingerprint density at radius 3 is 2.31 bits per heavy atom. The monoisotopic (exact) mass is 354 g/mol. The molecular weight excluding hydrogens is 339 g/mol. The summed E-state index contributed by atoms with van der Waals surface area (Å²) >= 11 is 0. The Morgan fingerprint density at radius 1 is 0.692 bits per heavy atom. The van der Waals surface area contributed by atoms with Gasteiger partial charge in [0.05, 0.1) is 0 Å². The van der Waals surface area contributed by atoms with Crippen LogP contribution in [0.2, 0.25) is 0 Å². The molecule has 0 fully saturated rings. The lowest BCUT2D eigenvalue weighted by molar-refractivity contribution is 0.107. The highest BCUT2D eigenvalue weighted by Crippen LogP contribution is 2.50. The van der Waals surface area contributed by atoms with E-state index in [2.05, 4.69) is 6.07 Å². The van der Waals surface area contributed by atoms with Crippen LogP contribution in [0.4, 0.5) is 0 Å². The van der Waals surface area contributed by atoms with E-state index >= 15 is 0 Å². The van der Waals surface area contributed by atoms with Crippen LogP contribution in [0.15, 0.2) is 91.0 Å². The third-order valence-corrected chi connectivity index (χ3v) is 6.51. The molecule has 124 valence electrons. The maximum absolute atomic E-state index is 13.5. The molecule has 1 heterocycles. The highest BCUT2D eigenvalue weighted by Gasteiger charge is 2.33. The summed E-state index contributed by atoms with van der Waals surface area (Å²) in [4.78, 5) is 13.5. The fourth-order valence-corrected chi connectivity index (χ4v) is 5.27. The minimum atomic E-state index is -1.42. The summed E-state index contributed by atoms with van der Waals surface area (Å²) in [7, 11) is -1.42. The predicted octanol–water partition coefficient (Wildman–Crippen LogP) is 5.76. The molecule has 2 nitrogen and oxygen atoms in total. The zero-order valence-corrected chi connectivity index (χ0v) is 14.8. The Labute approximate surface area is 152 Å². The second kappa shape index (κ2) is 6.09. The molecule has 0 aromatic heterocycles. The molecule has 3 heteroatoms. The Bertz CT molecular complexity index is 1140. The maximum atomic E-state index is 13.5. The molecular formula is C23H15O2P. The summed E-state index contributed by atoms with van der Waals surface area (Å²) in [5, 5.41) is 3.03. The van der Waals surface area contributed by atoms with E-state index in [-0.39, 0.29) is 5.52 Å². The number of carbonyl (C=O) groups is 1. The number of hydrogen-bond acceptors (Lipinski definition) is 2. The Hall–Kier alpha value is -2.96. The van der Waals surface area contributed by atoms with Crippen LogP contribution in [0, 0.1) is 0 Å². The normalized spacial score (nSPS) is 15.0. The average Bonchev–Trinajstić information content (AvgIpc) is 2.72. The van der Waals surface area contributed by atoms with E-state index in [1.807, 2.05) is 84.9 Å². The number of hydrogen-bond donors (Lipinski definition) is 0. The van der Waals surface area contributed by atoms with Gasteiger partial charge in [0, 0.05) is 16.4 Å². The Kier molecular flexibility index (Phi) is 3.58. The molecule has 4 aromatic carbocycles. The van der Waals surface area contributed by atoms with E-state index in [1.54, 1.807) is 0 Å². The van der Waals surface area contributed by atoms with Crippen LogP contribution >= 0.6 is 8.15 Å². The van der Waals surface area contributed by atoms with Gasteiger partial charge in [-0.05, 0) is 22.4 Å². The molecule has 0 aliphatic carbocycles. The van der Waals surface area contributed by atoms with Gasteiger partial charge in [0.2, 0.25) is 5.52 Å². The molecule has 0 amide bonds. The van der Waals surface area contributed by atoms with Crippen LogP contribution < -0.4 is 9.83 Å². The Balaban J connectivity index is 1.68. The SMILES string of the molecule is O=C(c1cccc2ccccc12)P1Oc2ccccc2-c2ccccc21. The maximum Gasteiger partial charge on any atom is 0.229 e. The summed E-state index contributed by atoms with van der Waals surface area (Å²) in [5.74, 6) is 0.783. The summed E-state index contributed by atoms with van der Waals surface area (Å²) in [6.07, 6.45) is 0. The van der Waals surface area contributed by atoms with E-state index < -0.39 is 8.15 Å². The largest absolute Gasteiger partial charge is 0.460 e. The molecule has 1 atom stereocenters. The van der Waals surface area contributed by atoms with Gasteiger partial charge >= 0.3 is 0 Å². The van der Waals surface area contributed by atoms with Crippen molar-refractivity contribution < 1.29 is 9.32 Å². The molecule has 5 rings (SSSR count). The van der Waals surface area contributed by atoms with Gasteiger partial charge in [-0.3, -0.25) is 4.79 Å². The molecule has 0 saturated carbocycles. The van der Waals surface area contributed by atoms with E-state index in [4.69, 9.17) is 4.52 Å². The zero-order valence-electron chi connectivity index (χ0n) is 13.9. The van der Waals surface area contributed by atoms with Crippen molar-refractivity contribution in [3.05, 3.63) is 96.6 Å². The molecule has 4 aromatic rings. The molecule has 0 spiro atoms. The number of para-hydroxylation sites is 1. The molecule has 1 unspecified atom stereocenters. The van der Waals surface area contributed by atoms with Gasteiger partial charge in [0.1, 0.15) is 5.75 Å². The molecule has 0 N–H and O–H groups in total. The van der Waals surface area contributed by atoms with Crippen molar-refractivity contribution in [1.82, 2.24) is 0 Å². The summed E-state index contributed by atoms with van der Waals surface area (Å²) in [6.45, 7) is 0. The van der Waals surface area contributed by atoms with Crippen molar-refractivity contribution in [1.29, 1.82) is 0 Å². The van der Waals surface area contributed by atoms with Crippen molar-refractivity contribution in [2.45, 2.75) is 0 Å². The molecule has 0 saturated heterocycles. The third-order valence-electron chi connectivity index (χ3n) is 4.69. The van der Waals surface area contributed by atoms with Crippen molar-refractivity contribution in [3.8, 4) is 16.9 Å².